The van der Waals surface area contributed by atoms with Gasteiger partial charge < -0.3 is 16.4 Å². The third-order valence-corrected chi connectivity index (χ3v) is 5.07. The quantitative estimate of drug-likeness (QED) is 0.707. The molecule has 1 saturated carbocycles. The van der Waals surface area contributed by atoms with Gasteiger partial charge in [0.05, 0.1) is 0 Å². The minimum Gasteiger partial charge on any atom is -0.366 e. The van der Waals surface area contributed by atoms with Crippen molar-refractivity contribution >= 4 is 23.4 Å². The Labute approximate surface area is 161 Å². The first-order valence-corrected chi connectivity index (χ1v) is 10.1. The van der Waals surface area contributed by atoms with E-state index in [4.69, 9.17) is 5.73 Å². The molecule has 0 spiro atoms. The normalized spacial score (nSPS) is 17.2. The van der Waals surface area contributed by atoms with Crippen LogP contribution in [0.2, 0.25) is 0 Å². The van der Waals surface area contributed by atoms with Crippen LogP contribution in [0.3, 0.4) is 0 Å². The molecule has 0 saturated heterocycles. The SMILES string of the molecule is NC(=O)c1ccc(NC(=O)C(=O)NC2CCCCCCCCCCC2)cc1. The maximum atomic E-state index is 12.3. The first-order chi connectivity index (χ1) is 13.1. The summed E-state index contributed by atoms with van der Waals surface area (Å²) < 4.78 is 0. The summed E-state index contributed by atoms with van der Waals surface area (Å²) in [6.45, 7) is 0. The maximum absolute atomic E-state index is 12.3. The van der Waals surface area contributed by atoms with Crippen LogP contribution in [0.25, 0.3) is 0 Å². The third-order valence-electron chi connectivity index (χ3n) is 5.07. The molecule has 0 heterocycles. The van der Waals surface area contributed by atoms with Gasteiger partial charge in [-0.25, -0.2) is 0 Å². The molecular formula is C21H31N3O3. The van der Waals surface area contributed by atoms with Crippen molar-refractivity contribution in [2.45, 2.75) is 76.7 Å². The van der Waals surface area contributed by atoms with Gasteiger partial charge in [-0.3, -0.25) is 14.4 Å². The number of anilines is 1. The zero-order valence-corrected chi connectivity index (χ0v) is 16.0. The Bertz CT molecular complexity index is 616. The number of nitrogens with two attached hydrogens (primary N) is 1. The second-order valence-electron chi connectivity index (χ2n) is 7.33. The molecule has 0 unspecified atom stereocenters. The minimum atomic E-state index is -0.687. The number of hydrogen-bond donors (Lipinski definition) is 3. The highest BCUT2D eigenvalue weighted by atomic mass is 16.2. The highest BCUT2D eigenvalue weighted by molar-refractivity contribution is 6.39. The first kappa shape index (κ1) is 20.9. The largest absolute Gasteiger partial charge is 0.366 e. The lowest BCUT2D eigenvalue weighted by molar-refractivity contribution is -0.136. The topological polar surface area (TPSA) is 101 Å². The molecule has 3 amide bonds. The lowest BCUT2D eigenvalue weighted by atomic mass is 9.98. The zero-order chi connectivity index (χ0) is 19.5. The summed E-state index contributed by atoms with van der Waals surface area (Å²) in [5.41, 5.74) is 6.00. The Morgan fingerprint density at radius 1 is 0.741 bits per heavy atom. The Morgan fingerprint density at radius 2 is 1.22 bits per heavy atom. The molecule has 0 bridgehead atoms. The number of carbonyl (C=O) groups is 3. The summed E-state index contributed by atoms with van der Waals surface area (Å²) in [5.74, 6) is -1.83. The van der Waals surface area contributed by atoms with Crippen LogP contribution in [-0.4, -0.2) is 23.8 Å². The van der Waals surface area contributed by atoms with E-state index in [0.29, 0.717) is 11.3 Å². The average molecular weight is 373 g/mol. The second kappa shape index (κ2) is 11.4. The van der Waals surface area contributed by atoms with Crippen LogP contribution in [0.4, 0.5) is 5.69 Å². The number of benzene rings is 1. The van der Waals surface area contributed by atoms with Crippen LogP contribution in [0.5, 0.6) is 0 Å². The van der Waals surface area contributed by atoms with Gasteiger partial charge in [-0.2, -0.15) is 0 Å². The molecule has 0 atom stereocenters. The Kier molecular flexibility index (Phi) is 8.81. The summed E-state index contributed by atoms with van der Waals surface area (Å²) in [6, 6.07) is 6.20. The predicted octanol–water partition coefficient (Wildman–Crippen LogP) is 3.51. The number of rotatable bonds is 3. The van der Waals surface area contributed by atoms with E-state index >= 15 is 0 Å². The van der Waals surface area contributed by atoms with Gasteiger partial charge >= 0.3 is 11.8 Å². The van der Waals surface area contributed by atoms with E-state index in [1.54, 1.807) is 12.1 Å². The molecule has 1 fully saturated rings. The Morgan fingerprint density at radius 3 is 1.70 bits per heavy atom. The molecule has 0 aliphatic heterocycles. The van der Waals surface area contributed by atoms with Gasteiger partial charge in [0.25, 0.3) is 0 Å². The fourth-order valence-electron chi connectivity index (χ4n) is 3.46. The van der Waals surface area contributed by atoms with Crippen molar-refractivity contribution < 1.29 is 14.4 Å². The van der Waals surface area contributed by atoms with E-state index in [1.165, 1.54) is 57.1 Å². The van der Waals surface area contributed by atoms with Crippen molar-refractivity contribution in [3.63, 3.8) is 0 Å². The van der Waals surface area contributed by atoms with Crippen LogP contribution in [0, 0.1) is 0 Å². The Balaban J connectivity index is 1.84. The standard InChI is InChI=1S/C21H31N3O3/c22-19(25)16-12-14-18(15-13-16)24-21(27)20(26)23-17-10-8-6-4-2-1-3-5-7-9-11-17/h12-15,17H,1-11H2,(H2,22,25)(H,23,26)(H,24,27). The molecule has 1 aliphatic carbocycles. The van der Waals surface area contributed by atoms with Gasteiger partial charge in [-0.1, -0.05) is 57.8 Å². The van der Waals surface area contributed by atoms with Gasteiger partial charge in [0.15, 0.2) is 0 Å². The first-order valence-electron chi connectivity index (χ1n) is 10.1. The van der Waals surface area contributed by atoms with Crippen molar-refractivity contribution in [1.29, 1.82) is 0 Å². The van der Waals surface area contributed by atoms with E-state index in [1.807, 2.05) is 0 Å². The number of carbonyl (C=O) groups excluding carboxylic acids is 3. The van der Waals surface area contributed by atoms with Crippen LogP contribution in [-0.2, 0) is 9.59 Å². The minimum absolute atomic E-state index is 0.0555. The summed E-state index contributed by atoms with van der Waals surface area (Å²) in [6.07, 6.45) is 12.8. The van der Waals surface area contributed by atoms with Crippen molar-refractivity contribution in [1.82, 2.24) is 5.32 Å². The van der Waals surface area contributed by atoms with Crippen molar-refractivity contribution in [2.24, 2.45) is 5.73 Å². The Hall–Kier alpha value is -2.37. The molecule has 1 aromatic rings. The van der Waals surface area contributed by atoms with Crippen LogP contribution in [0.1, 0.15) is 81.0 Å². The summed E-state index contributed by atoms with van der Waals surface area (Å²) in [7, 11) is 0. The van der Waals surface area contributed by atoms with Crippen LogP contribution >= 0.6 is 0 Å². The highest BCUT2D eigenvalue weighted by Gasteiger charge is 2.19. The van der Waals surface area contributed by atoms with Gasteiger partial charge in [0, 0.05) is 17.3 Å². The van der Waals surface area contributed by atoms with Gasteiger partial charge in [-0.15, -0.1) is 0 Å². The molecule has 0 radical (unpaired) electrons. The fourth-order valence-corrected chi connectivity index (χ4v) is 3.46. The molecule has 6 heteroatoms. The monoisotopic (exact) mass is 373 g/mol. The average Bonchev–Trinajstić information content (AvgIpc) is 2.64. The molecule has 148 valence electrons. The van der Waals surface area contributed by atoms with Crippen LogP contribution in [0.15, 0.2) is 24.3 Å². The van der Waals surface area contributed by atoms with E-state index < -0.39 is 17.7 Å². The predicted molar refractivity (Wildman–Crippen MR) is 106 cm³/mol. The summed E-state index contributed by atoms with van der Waals surface area (Å²) in [4.78, 5) is 35.5. The molecule has 2 rings (SSSR count). The lowest BCUT2D eigenvalue weighted by Crippen LogP contribution is -2.41. The number of primary amides is 1. The van der Waals surface area contributed by atoms with Gasteiger partial charge in [0.1, 0.15) is 0 Å². The molecule has 0 aromatic heterocycles. The third kappa shape index (κ3) is 7.81. The van der Waals surface area contributed by atoms with Crippen LogP contribution < -0.4 is 16.4 Å². The van der Waals surface area contributed by atoms with Gasteiger partial charge in [-0.05, 0) is 37.1 Å². The van der Waals surface area contributed by atoms with E-state index in [2.05, 4.69) is 10.6 Å². The molecule has 27 heavy (non-hydrogen) atoms. The number of hydrogen-bond acceptors (Lipinski definition) is 3. The number of nitrogens with one attached hydrogen (secondary N) is 2. The van der Waals surface area contributed by atoms with E-state index in [0.717, 1.165) is 25.7 Å². The second-order valence-corrected chi connectivity index (χ2v) is 7.33. The molecule has 6 nitrogen and oxygen atoms in total. The lowest BCUT2D eigenvalue weighted by Gasteiger charge is -2.19. The highest BCUT2D eigenvalue weighted by Crippen LogP contribution is 2.17. The summed E-state index contributed by atoms with van der Waals surface area (Å²) in [5, 5.41) is 5.46. The van der Waals surface area contributed by atoms with E-state index in [-0.39, 0.29) is 6.04 Å². The molecule has 1 aromatic carbocycles. The van der Waals surface area contributed by atoms with Gasteiger partial charge in [0.2, 0.25) is 5.91 Å². The fraction of sp³-hybridized carbons (Fsp3) is 0.571. The molecular weight excluding hydrogens is 342 g/mol. The summed E-state index contributed by atoms with van der Waals surface area (Å²) >= 11 is 0. The number of amides is 3. The molecule has 1 aliphatic rings. The molecule has 4 N–H and O–H groups in total. The smallest absolute Gasteiger partial charge is 0.313 e. The maximum Gasteiger partial charge on any atom is 0.313 e. The zero-order valence-electron chi connectivity index (χ0n) is 16.0. The van der Waals surface area contributed by atoms with Crippen molar-refractivity contribution in [2.75, 3.05) is 5.32 Å². The van der Waals surface area contributed by atoms with Crippen molar-refractivity contribution in [3.8, 4) is 0 Å². The van der Waals surface area contributed by atoms with E-state index in [9.17, 15) is 14.4 Å². The van der Waals surface area contributed by atoms with Crippen molar-refractivity contribution in [3.05, 3.63) is 29.8 Å².